The maximum atomic E-state index is 12.7. The minimum Gasteiger partial charge on any atom is -0.314 e. The van der Waals surface area contributed by atoms with Gasteiger partial charge >= 0.3 is 22.5 Å². The number of carbonyl (C=O) groups is 2. The number of hydroxylamine groups is 4. The van der Waals surface area contributed by atoms with Gasteiger partial charge in [0.2, 0.25) is 0 Å². The zero-order valence-corrected chi connectivity index (χ0v) is 17.6. The van der Waals surface area contributed by atoms with Gasteiger partial charge in [0.25, 0.3) is 0 Å². The van der Waals surface area contributed by atoms with Crippen molar-refractivity contribution >= 4 is 33.9 Å². The first-order chi connectivity index (χ1) is 15.9. The first-order valence-electron chi connectivity index (χ1n) is 9.83. The third kappa shape index (κ3) is 3.33. The van der Waals surface area contributed by atoms with Crippen LogP contribution in [0.25, 0.3) is 11.4 Å². The van der Waals surface area contributed by atoms with Crippen LogP contribution in [0.15, 0.2) is 36.9 Å². The van der Waals surface area contributed by atoms with E-state index in [0.717, 1.165) is 0 Å². The van der Waals surface area contributed by atoms with Crippen molar-refractivity contribution in [3.05, 3.63) is 36.9 Å². The lowest BCUT2D eigenvalue weighted by atomic mass is 10.2. The molecule has 0 N–H and O–H groups in total. The summed E-state index contributed by atoms with van der Waals surface area (Å²) in [7, 11) is -4.81. The van der Waals surface area contributed by atoms with Crippen molar-refractivity contribution in [1.82, 2.24) is 49.9 Å². The molecule has 2 fully saturated rings. The van der Waals surface area contributed by atoms with Gasteiger partial charge in [-0.1, -0.05) is 10.4 Å². The number of urea groups is 2. The van der Waals surface area contributed by atoms with Crippen molar-refractivity contribution in [2.75, 3.05) is 26.2 Å². The topological polar surface area (TPSA) is 161 Å². The van der Waals surface area contributed by atoms with Gasteiger partial charge < -0.3 is 9.80 Å². The Balaban J connectivity index is 1.19. The Labute approximate surface area is 186 Å². The normalized spacial score (nSPS) is 24.6. The molecule has 16 nitrogen and oxygen atoms in total. The van der Waals surface area contributed by atoms with Gasteiger partial charge in [0.15, 0.2) is 0 Å². The van der Waals surface area contributed by atoms with Gasteiger partial charge in [0.1, 0.15) is 12.1 Å². The predicted octanol–water partition coefficient (Wildman–Crippen LogP) is -1.40. The van der Waals surface area contributed by atoms with E-state index in [4.69, 9.17) is 8.57 Å². The highest BCUT2D eigenvalue weighted by molar-refractivity contribution is 7.81. The van der Waals surface area contributed by atoms with Gasteiger partial charge in [0, 0.05) is 13.1 Å². The zero-order chi connectivity index (χ0) is 22.7. The molecule has 4 bridgehead atoms. The van der Waals surface area contributed by atoms with Gasteiger partial charge in [-0.2, -0.15) is 18.5 Å². The summed E-state index contributed by atoms with van der Waals surface area (Å²) < 4.78 is 38.3. The molecule has 2 aromatic rings. The molecule has 6 rings (SSSR count). The second kappa shape index (κ2) is 7.09. The Hall–Kier alpha value is -3.83. The van der Waals surface area contributed by atoms with Crippen LogP contribution in [-0.2, 0) is 19.0 Å². The average molecular weight is 476 g/mol. The lowest BCUT2D eigenvalue weighted by molar-refractivity contribution is -0.0723. The maximum absolute atomic E-state index is 12.7. The molecule has 2 saturated heterocycles. The van der Waals surface area contributed by atoms with E-state index in [1.807, 2.05) is 0 Å². The molecule has 0 spiro atoms. The quantitative estimate of drug-likeness (QED) is 0.485. The Morgan fingerprint density at radius 2 is 1.24 bits per heavy atom. The minimum atomic E-state index is -4.81. The number of nitrogens with zero attached hydrogens (tertiary/aromatic N) is 10. The van der Waals surface area contributed by atoms with Gasteiger partial charge in [-0.15, -0.1) is 18.8 Å². The van der Waals surface area contributed by atoms with Crippen molar-refractivity contribution in [1.29, 1.82) is 0 Å². The van der Waals surface area contributed by atoms with Gasteiger partial charge in [-0.25, -0.2) is 19.0 Å². The van der Waals surface area contributed by atoms with Crippen LogP contribution < -0.4 is 0 Å². The van der Waals surface area contributed by atoms with E-state index in [1.54, 1.807) is 24.5 Å². The molecule has 17 heteroatoms. The van der Waals surface area contributed by atoms with Gasteiger partial charge in [-0.3, -0.25) is 0 Å². The van der Waals surface area contributed by atoms with E-state index in [9.17, 15) is 18.0 Å². The fourth-order valence-electron chi connectivity index (χ4n) is 4.17. The summed E-state index contributed by atoms with van der Waals surface area (Å²) in [4.78, 5) is 28.1. The highest BCUT2D eigenvalue weighted by Crippen LogP contribution is 2.30. The largest absolute Gasteiger partial charge is 0.442 e. The van der Waals surface area contributed by atoms with Crippen LogP contribution >= 0.6 is 0 Å². The molecule has 4 aliphatic rings. The molecule has 4 aliphatic heterocycles. The van der Waals surface area contributed by atoms with Crippen LogP contribution in [0.5, 0.6) is 0 Å². The van der Waals surface area contributed by atoms with Crippen molar-refractivity contribution in [3.63, 3.8) is 0 Å². The second-order valence-electron chi connectivity index (χ2n) is 7.68. The fraction of sp³-hybridized carbons (Fsp3) is 0.375. The van der Waals surface area contributed by atoms with E-state index in [2.05, 4.69) is 20.6 Å². The monoisotopic (exact) mass is 476 g/mol. The lowest BCUT2D eigenvalue weighted by Gasteiger charge is -2.22. The van der Waals surface area contributed by atoms with E-state index < -0.39 is 34.5 Å². The Kier molecular flexibility index (Phi) is 4.26. The van der Waals surface area contributed by atoms with E-state index in [1.165, 1.54) is 31.6 Å². The standard InChI is InChI=1S/C16H16N10O6S/c27-15-21-7-11(23-3-1-17-19-23)5-13(9-21)25(15)31-33(29,30)32-26-14-6-12(24-4-2-18-20-24)8-22(10-14)16(26)28/h1-6,13-14H,7-10H2. The van der Waals surface area contributed by atoms with Crippen LogP contribution in [0.2, 0.25) is 0 Å². The molecule has 0 radical (unpaired) electrons. The molecule has 6 heterocycles. The summed E-state index contributed by atoms with van der Waals surface area (Å²) in [5, 5.41) is 16.7. The van der Waals surface area contributed by atoms with E-state index in [-0.39, 0.29) is 26.2 Å². The highest BCUT2D eigenvalue weighted by atomic mass is 32.3. The van der Waals surface area contributed by atoms with Crippen molar-refractivity contribution in [2.24, 2.45) is 0 Å². The van der Waals surface area contributed by atoms with Crippen molar-refractivity contribution in [3.8, 4) is 0 Å². The highest BCUT2D eigenvalue weighted by Gasteiger charge is 2.47. The smallest absolute Gasteiger partial charge is 0.314 e. The van der Waals surface area contributed by atoms with Crippen molar-refractivity contribution < 1.29 is 26.6 Å². The summed E-state index contributed by atoms with van der Waals surface area (Å²) in [5.74, 6) is 0. The number of aromatic nitrogens is 6. The molecule has 4 amide bonds. The molecule has 172 valence electrons. The van der Waals surface area contributed by atoms with E-state index in [0.29, 0.717) is 21.5 Å². The Bertz CT molecular complexity index is 1180. The maximum Gasteiger partial charge on any atom is 0.442 e. The molecule has 33 heavy (non-hydrogen) atoms. The number of carbonyl (C=O) groups excluding carboxylic acids is 2. The predicted molar refractivity (Wildman–Crippen MR) is 105 cm³/mol. The van der Waals surface area contributed by atoms with Crippen LogP contribution in [0.3, 0.4) is 0 Å². The summed E-state index contributed by atoms with van der Waals surface area (Å²) in [6.45, 7) is 0.874. The molecule has 0 aliphatic carbocycles. The molecule has 2 atom stereocenters. The summed E-state index contributed by atoms with van der Waals surface area (Å²) in [5.41, 5.74) is 1.28. The molecule has 0 saturated carbocycles. The average Bonchev–Trinajstić information content (AvgIpc) is 3.59. The Morgan fingerprint density at radius 1 is 0.788 bits per heavy atom. The van der Waals surface area contributed by atoms with Crippen molar-refractivity contribution in [2.45, 2.75) is 12.1 Å². The van der Waals surface area contributed by atoms with E-state index >= 15 is 0 Å². The van der Waals surface area contributed by atoms with Gasteiger partial charge in [-0.05, 0) is 12.2 Å². The molecular weight excluding hydrogens is 460 g/mol. The Morgan fingerprint density at radius 3 is 1.64 bits per heavy atom. The van der Waals surface area contributed by atoms with Crippen LogP contribution in [0.1, 0.15) is 0 Å². The lowest BCUT2D eigenvalue weighted by Crippen LogP contribution is -2.40. The minimum absolute atomic E-state index is 0.205. The summed E-state index contributed by atoms with van der Waals surface area (Å²) >= 11 is 0. The fourth-order valence-corrected chi connectivity index (χ4v) is 4.94. The zero-order valence-electron chi connectivity index (χ0n) is 16.8. The van der Waals surface area contributed by atoms with Crippen LogP contribution in [0, 0.1) is 0 Å². The third-order valence-corrected chi connectivity index (χ3v) is 6.27. The van der Waals surface area contributed by atoms with Crippen LogP contribution in [0.4, 0.5) is 9.59 Å². The summed E-state index contributed by atoms with van der Waals surface area (Å²) in [6, 6.07) is -2.69. The molecular formula is C16H16N10O6S. The first-order valence-corrected chi connectivity index (χ1v) is 11.2. The first kappa shape index (κ1) is 19.8. The number of fused-ring (bicyclic) bond motifs is 4. The van der Waals surface area contributed by atoms with Crippen LogP contribution in [-0.4, -0.2) is 109 Å². The molecule has 2 unspecified atom stereocenters. The second-order valence-corrected chi connectivity index (χ2v) is 8.80. The van der Waals surface area contributed by atoms with Gasteiger partial charge in [0.05, 0.1) is 49.3 Å². The number of rotatable bonds is 6. The third-order valence-electron chi connectivity index (χ3n) is 5.59. The SMILES string of the molecule is O=C1N2CC(n3ccnn3)=CC(C2)N1OS(=O)(=O)ON1C(=O)N2CC(n3ccnn3)=CC1C2. The summed E-state index contributed by atoms with van der Waals surface area (Å²) in [6.07, 6.45) is 9.53. The number of amides is 4. The molecule has 0 aromatic carbocycles. The molecule has 2 aromatic heterocycles. The number of hydrogen-bond acceptors (Lipinski definition) is 10. The number of hydrogen-bond donors (Lipinski definition) is 0.